The van der Waals surface area contributed by atoms with Gasteiger partial charge in [-0.15, -0.1) is 0 Å². The summed E-state index contributed by atoms with van der Waals surface area (Å²) in [6.45, 7) is 1.75. The molecule has 0 aliphatic carbocycles. The van der Waals surface area contributed by atoms with E-state index in [0.717, 1.165) is 0 Å². The first-order valence-electron chi connectivity index (χ1n) is 3.95. The first-order chi connectivity index (χ1) is 6.29. The van der Waals surface area contributed by atoms with Crippen LogP contribution in [0.5, 0.6) is 0 Å². The highest BCUT2D eigenvalue weighted by Crippen LogP contribution is 2.05. The van der Waals surface area contributed by atoms with E-state index in [2.05, 4.69) is 4.98 Å². The van der Waals surface area contributed by atoms with Crippen molar-refractivity contribution >= 4 is 5.78 Å². The number of ketones is 1. The van der Waals surface area contributed by atoms with Crippen molar-refractivity contribution in [3.05, 3.63) is 41.9 Å². The Hall–Kier alpha value is -1.64. The lowest BCUT2D eigenvalue weighted by Crippen LogP contribution is -2.06. The molecule has 0 unspecified atom stereocenters. The topological polar surface area (TPSA) is 39.2 Å². The second-order valence-corrected chi connectivity index (χ2v) is 2.40. The van der Waals surface area contributed by atoms with Gasteiger partial charge in [-0.2, -0.15) is 0 Å². The lowest BCUT2D eigenvalue weighted by molar-refractivity contribution is 0.0948. The van der Waals surface area contributed by atoms with Crippen molar-refractivity contribution in [2.45, 2.75) is 6.92 Å². The van der Waals surface area contributed by atoms with E-state index in [9.17, 15) is 4.79 Å². The zero-order valence-corrected chi connectivity index (χ0v) is 7.65. The molecule has 3 heteroatoms. The summed E-state index contributed by atoms with van der Waals surface area (Å²) in [6.07, 6.45) is 3.20. The molecule has 68 valence electrons. The van der Waals surface area contributed by atoms with Crippen LogP contribution >= 0.6 is 0 Å². The van der Waals surface area contributed by atoms with Crippen LogP contribution in [0.25, 0.3) is 0 Å². The van der Waals surface area contributed by atoms with Crippen LogP contribution in [-0.4, -0.2) is 17.9 Å². The summed E-state index contributed by atoms with van der Waals surface area (Å²) in [6, 6.07) is 5.19. The number of methoxy groups -OCH3 is 1. The zero-order chi connectivity index (χ0) is 9.68. The number of carbonyl (C=O) groups excluding carboxylic acids is 1. The summed E-state index contributed by atoms with van der Waals surface area (Å²) in [5.74, 6) is 0.129. The van der Waals surface area contributed by atoms with Crippen molar-refractivity contribution in [2.24, 2.45) is 0 Å². The minimum atomic E-state index is -0.189. The Morgan fingerprint density at radius 3 is 2.77 bits per heavy atom. The van der Waals surface area contributed by atoms with E-state index in [1.165, 1.54) is 7.11 Å². The maximum absolute atomic E-state index is 11.6. The fourth-order valence-corrected chi connectivity index (χ4v) is 0.965. The van der Waals surface area contributed by atoms with Crippen molar-refractivity contribution in [3.8, 4) is 0 Å². The largest absolute Gasteiger partial charge is 0.493 e. The molecule has 0 spiro atoms. The zero-order valence-electron chi connectivity index (χ0n) is 7.65. The molecule has 0 saturated heterocycles. The molecular formula is C10H11NO2. The molecule has 0 aliphatic rings. The Balaban J connectivity index is 2.92. The first-order valence-corrected chi connectivity index (χ1v) is 3.95. The number of rotatable bonds is 3. The number of hydrogen-bond donors (Lipinski definition) is 0. The van der Waals surface area contributed by atoms with Crippen molar-refractivity contribution in [1.82, 2.24) is 4.98 Å². The molecule has 0 aromatic carbocycles. The monoisotopic (exact) mass is 177 g/mol. The van der Waals surface area contributed by atoms with Gasteiger partial charge in [0, 0.05) is 6.20 Å². The maximum atomic E-state index is 11.6. The van der Waals surface area contributed by atoms with E-state index in [0.29, 0.717) is 11.5 Å². The van der Waals surface area contributed by atoms with Gasteiger partial charge in [0.25, 0.3) is 0 Å². The van der Waals surface area contributed by atoms with E-state index >= 15 is 0 Å². The third-order valence-electron chi connectivity index (χ3n) is 1.60. The van der Waals surface area contributed by atoms with Crippen molar-refractivity contribution < 1.29 is 9.53 Å². The van der Waals surface area contributed by atoms with Crippen LogP contribution in [0, 0.1) is 0 Å². The smallest absolute Gasteiger partial charge is 0.245 e. The van der Waals surface area contributed by atoms with Crippen LogP contribution in [-0.2, 0) is 4.74 Å². The fraction of sp³-hybridized carbons (Fsp3) is 0.200. The van der Waals surface area contributed by atoms with E-state index < -0.39 is 0 Å². The second kappa shape index (κ2) is 4.40. The summed E-state index contributed by atoms with van der Waals surface area (Å²) < 4.78 is 4.89. The average Bonchev–Trinajstić information content (AvgIpc) is 2.21. The lowest BCUT2D eigenvalue weighted by atomic mass is 10.2. The molecule has 1 heterocycles. The predicted molar refractivity (Wildman–Crippen MR) is 49.3 cm³/mol. The van der Waals surface area contributed by atoms with Gasteiger partial charge in [-0.1, -0.05) is 6.07 Å². The molecular weight excluding hydrogens is 166 g/mol. The predicted octanol–water partition coefficient (Wildman–Crippen LogP) is 1.81. The van der Waals surface area contributed by atoms with Crippen LogP contribution in [0.1, 0.15) is 17.4 Å². The highest BCUT2D eigenvalue weighted by molar-refractivity contribution is 6.05. The van der Waals surface area contributed by atoms with E-state index in [4.69, 9.17) is 4.74 Å². The molecule has 1 aromatic heterocycles. The number of allylic oxidation sites excluding steroid dienone is 2. The molecule has 0 radical (unpaired) electrons. The van der Waals surface area contributed by atoms with Gasteiger partial charge in [-0.05, 0) is 25.1 Å². The number of pyridine rings is 1. The van der Waals surface area contributed by atoms with Crippen LogP contribution in [0.3, 0.4) is 0 Å². The molecule has 0 aliphatic heterocycles. The Kier molecular flexibility index (Phi) is 3.20. The van der Waals surface area contributed by atoms with Gasteiger partial charge >= 0.3 is 0 Å². The number of carbonyl (C=O) groups is 1. The molecule has 0 bridgehead atoms. The highest BCUT2D eigenvalue weighted by atomic mass is 16.5. The Labute approximate surface area is 77.1 Å². The van der Waals surface area contributed by atoms with Gasteiger partial charge in [0.1, 0.15) is 5.69 Å². The van der Waals surface area contributed by atoms with Gasteiger partial charge < -0.3 is 4.74 Å². The van der Waals surface area contributed by atoms with E-state index in [1.54, 1.807) is 37.4 Å². The van der Waals surface area contributed by atoms with Gasteiger partial charge in [0.15, 0.2) is 5.76 Å². The fourth-order valence-electron chi connectivity index (χ4n) is 0.965. The second-order valence-electron chi connectivity index (χ2n) is 2.40. The third kappa shape index (κ3) is 2.15. The summed E-state index contributed by atoms with van der Waals surface area (Å²) in [5, 5.41) is 0. The molecule has 0 saturated carbocycles. The van der Waals surface area contributed by atoms with E-state index in [-0.39, 0.29) is 5.78 Å². The normalized spacial score (nSPS) is 11.1. The summed E-state index contributed by atoms with van der Waals surface area (Å²) in [4.78, 5) is 15.5. The minimum Gasteiger partial charge on any atom is -0.493 e. The standard InChI is InChI=1S/C10H11NO2/c1-3-9(13-2)10(12)8-6-4-5-7-11-8/h3-7H,1-2H3/b9-3-. The SMILES string of the molecule is C/C=C(\OC)C(=O)c1ccccn1. The molecule has 13 heavy (non-hydrogen) atoms. The number of Topliss-reactive ketones (excluding diaryl/α,β-unsaturated/α-hetero) is 1. The molecule has 0 atom stereocenters. The van der Waals surface area contributed by atoms with Crippen molar-refractivity contribution in [1.29, 1.82) is 0 Å². The summed E-state index contributed by atoms with van der Waals surface area (Å²) in [7, 11) is 1.47. The Morgan fingerprint density at radius 1 is 1.54 bits per heavy atom. The van der Waals surface area contributed by atoms with Gasteiger partial charge in [-0.3, -0.25) is 9.78 Å². The maximum Gasteiger partial charge on any atom is 0.245 e. The average molecular weight is 177 g/mol. The van der Waals surface area contributed by atoms with Crippen molar-refractivity contribution in [2.75, 3.05) is 7.11 Å². The highest BCUT2D eigenvalue weighted by Gasteiger charge is 2.11. The van der Waals surface area contributed by atoms with E-state index in [1.807, 2.05) is 0 Å². The molecule has 3 nitrogen and oxygen atoms in total. The summed E-state index contributed by atoms with van der Waals surface area (Å²) in [5.41, 5.74) is 0.400. The molecule has 0 N–H and O–H groups in total. The van der Waals surface area contributed by atoms with Gasteiger partial charge in [0.2, 0.25) is 5.78 Å². The quantitative estimate of drug-likeness (QED) is 0.401. The molecule has 0 amide bonds. The Bertz CT molecular complexity index is 317. The lowest BCUT2D eigenvalue weighted by Gasteiger charge is -2.02. The molecule has 1 aromatic rings. The Morgan fingerprint density at radius 2 is 2.31 bits per heavy atom. The van der Waals surface area contributed by atoms with Crippen LogP contribution in [0.15, 0.2) is 36.2 Å². The van der Waals surface area contributed by atoms with Crippen LogP contribution in [0.2, 0.25) is 0 Å². The summed E-state index contributed by atoms with van der Waals surface area (Å²) >= 11 is 0. The number of hydrogen-bond acceptors (Lipinski definition) is 3. The van der Waals surface area contributed by atoms with Crippen molar-refractivity contribution in [3.63, 3.8) is 0 Å². The molecule has 1 rings (SSSR count). The molecule has 0 fully saturated rings. The third-order valence-corrected chi connectivity index (χ3v) is 1.60. The van der Waals surface area contributed by atoms with Crippen LogP contribution in [0.4, 0.5) is 0 Å². The van der Waals surface area contributed by atoms with Gasteiger partial charge in [-0.25, -0.2) is 0 Å². The minimum absolute atomic E-state index is 0.189. The van der Waals surface area contributed by atoms with Gasteiger partial charge in [0.05, 0.1) is 7.11 Å². The first kappa shape index (κ1) is 9.45. The number of ether oxygens (including phenoxy) is 1. The number of aromatic nitrogens is 1. The van der Waals surface area contributed by atoms with Crippen LogP contribution < -0.4 is 0 Å². The number of nitrogens with zero attached hydrogens (tertiary/aromatic N) is 1.